The van der Waals surface area contributed by atoms with Crippen LogP contribution in [-0.4, -0.2) is 24.5 Å². The van der Waals surface area contributed by atoms with Crippen molar-refractivity contribution in [2.75, 3.05) is 13.6 Å². The summed E-state index contributed by atoms with van der Waals surface area (Å²) >= 11 is 5.40. The van der Waals surface area contributed by atoms with Crippen LogP contribution in [0.5, 0.6) is 0 Å². The van der Waals surface area contributed by atoms with Gasteiger partial charge in [0.2, 0.25) is 0 Å². The van der Waals surface area contributed by atoms with Crippen LogP contribution in [0.1, 0.15) is 36.1 Å². The van der Waals surface area contributed by atoms with Gasteiger partial charge in [-0.25, -0.2) is 0 Å². The van der Waals surface area contributed by atoms with Crippen molar-refractivity contribution in [1.82, 2.24) is 4.90 Å². The fourth-order valence-corrected chi connectivity index (χ4v) is 3.45. The molecule has 2 nitrogen and oxygen atoms in total. The van der Waals surface area contributed by atoms with Gasteiger partial charge in [-0.15, -0.1) is 11.3 Å². The van der Waals surface area contributed by atoms with E-state index in [1.54, 1.807) is 0 Å². The molecule has 2 N–H and O–H groups in total. The average Bonchev–Trinajstić information content (AvgIpc) is 2.58. The first-order valence-corrected chi connectivity index (χ1v) is 7.30. The van der Waals surface area contributed by atoms with Gasteiger partial charge in [0.05, 0.1) is 6.04 Å². The first-order valence-electron chi connectivity index (χ1n) is 5.69. The number of hydrogen-bond donors (Lipinski definition) is 1. The minimum atomic E-state index is 0.338. The van der Waals surface area contributed by atoms with E-state index in [9.17, 15) is 0 Å². The van der Waals surface area contributed by atoms with Crippen molar-refractivity contribution in [3.8, 4) is 0 Å². The van der Waals surface area contributed by atoms with E-state index < -0.39 is 0 Å². The molecule has 0 bridgehead atoms. The predicted octanol–water partition coefficient (Wildman–Crippen LogP) is 3.55. The maximum Gasteiger partial charge on any atom is 0.0564 e. The highest BCUT2D eigenvalue weighted by molar-refractivity contribution is 9.10. The number of thiophene rings is 1. The number of halogens is 1. The van der Waals surface area contributed by atoms with Gasteiger partial charge in [-0.05, 0) is 49.3 Å². The van der Waals surface area contributed by atoms with Gasteiger partial charge in [-0.2, -0.15) is 0 Å². The summed E-state index contributed by atoms with van der Waals surface area (Å²) in [4.78, 5) is 5.05. The lowest BCUT2D eigenvalue weighted by Gasteiger charge is -2.31. The average molecular weight is 305 g/mol. The SMILES string of the molecule is CCC(C)N(C)C(CN)c1cc(Br)c(C)s1. The third-order valence-corrected chi connectivity index (χ3v) is 5.44. The Morgan fingerprint density at radius 1 is 1.56 bits per heavy atom. The van der Waals surface area contributed by atoms with Gasteiger partial charge in [0.25, 0.3) is 0 Å². The third-order valence-electron chi connectivity index (χ3n) is 3.21. The zero-order chi connectivity index (χ0) is 12.3. The van der Waals surface area contributed by atoms with Crippen LogP contribution in [0.2, 0.25) is 0 Å². The van der Waals surface area contributed by atoms with Crippen molar-refractivity contribution in [3.63, 3.8) is 0 Å². The first-order chi connectivity index (χ1) is 7.51. The summed E-state index contributed by atoms with van der Waals surface area (Å²) in [6.07, 6.45) is 1.15. The highest BCUT2D eigenvalue weighted by Gasteiger charge is 2.21. The van der Waals surface area contributed by atoms with Crippen LogP contribution >= 0.6 is 27.3 Å². The molecule has 92 valence electrons. The summed E-state index contributed by atoms with van der Waals surface area (Å²) in [5.41, 5.74) is 5.91. The van der Waals surface area contributed by atoms with Crippen molar-refractivity contribution in [3.05, 3.63) is 20.3 Å². The van der Waals surface area contributed by atoms with E-state index >= 15 is 0 Å². The lowest BCUT2D eigenvalue weighted by atomic mass is 10.1. The van der Waals surface area contributed by atoms with E-state index in [-0.39, 0.29) is 0 Å². The summed E-state index contributed by atoms with van der Waals surface area (Å²) in [5, 5.41) is 0. The Kier molecular flexibility index (Phi) is 5.44. The number of hydrogen-bond acceptors (Lipinski definition) is 3. The Morgan fingerprint density at radius 2 is 2.19 bits per heavy atom. The molecule has 4 heteroatoms. The summed E-state index contributed by atoms with van der Waals surface area (Å²) < 4.78 is 1.20. The van der Waals surface area contributed by atoms with E-state index in [0.29, 0.717) is 18.6 Å². The molecule has 0 aromatic carbocycles. The Bertz CT molecular complexity index is 318. The van der Waals surface area contributed by atoms with Gasteiger partial charge in [-0.1, -0.05) is 6.92 Å². The Morgan fingerprint density at radius 3 is 2.56 bits per heavy atom. The largest absolute Gasteiger partial charge is 0.329 e. The van der Waals surface area contributed by atoms with Crippen LogP contribution in [0, 0.1) is 6.92 Å². The van der Waals surface area contributed by atoms with Crippen molar-refractivity contribution in [1.29, 1.82) is 0 Å². The molecule has 0 spiro atoms. The summed E-state index contributed by atoms with van der Waals surface area (Å²) in [6, 6.07) is 3.11. The summed E-state index contributed by atoms with van der Waals surface area (Å²) in [7, 11) is 2.16. The Hall–Kier alpha value is 0.1000. The van der Waals surface area contributed by atoms with Crippen LogP contribution < -0.4 is 5.73 Å². The fourth-order valence-electron chi connectivity index (χ4n) is 1.72. The van der Waals surface area contributed by atoms with Crippen molar-refractivity contribution < 1.29 is 0 Å². The maximum absolute atomic E-state index is 5.91. The van der Waals surface area contributed by atoms with Gasteiger partial charge >= 0.3 is 0 Å². The number of likely N-dealkylation sites (N-methyl/N-ethyl adjacent to an activating group) is 1. The molecule has 2 unspecified atom stereocenters. The van der Waals surface area contributed by atoms with Crippen LogP contribution in [0.4, 0.5) is 0 Å². The molecule has 0 amide bonds. The standard InChI is InChI=1S/C12H21BrN2S/c1-5-8(2)15(4)11(7-14)12-6-10(13)9(3)16-12/h6,8,11H,5,7,14H2,1-4H3. The van der Waals surface area contributed by atoms with Gasteiger partial charge in [-0.3, -0.25) is 4.90 Å². The van der Waals surface area contributed by atoms with Crippen LogP contribution in [0.3, 0.4) is 0 Å². The van der Waals surface area contributed by atoms with E-state index in [1.807, 2.05) is 11.3 Å². The molecule has 0 fully saturated rings. The predicted molar refractivity (Wildman–Crippen MR) is 76.1 cm³/mol. The minimum Gasteiger partial charge on any atom is -0.329 e. The second-order valence-corrected chi connectivity index (χ2v) is 6.37. The molecule has 0 aliphatic carbocycles. The number of aryl methyl sites for hydroxylation is 1. The van der Waals surface area contributed by atoms with Gasteiger partial charge < -0.3 is 5.73 Å². The van der Waals surface area contributed by atoms with Gasteiger partial charge in [0, 0.05) is 26.8 Å². The van der Waals surface area contributed by atoms with Crippen molar-refractivity contribution >= 4 is 27.3 Å². The molecule has 0 aliphatic rings. The monoisotopic (exact) mass is 304 g/mol. The maximum atomic E-state index is 5.91. The lowest BCUT2D eigenvalue weighted by molar-refractivity contribution is 0.187. The molecular formula is C12H21BrN2S. The van der Waals surface area contributed by atoms with E-state index in [4.69, 9.17) is 5.73 Å². The molecule has 1 aromatic rings. The first kappa shape index (κ1) is 14.2. The van der Waals surface area contributed by atoms with Gasteiger partial charge in [0.15, 0.2) is 0 Å². The quantitative estimate of drug-likeness (QED) is 0.901. The number of rotatable bonds is 5. The molecule has 0 saturated carbocycles. The highest BCUT2D eigenvalue weighted by Crippen LogP contribution is 2.33. The zero-order valence-electron chi connectivity index (χ0n) is 10.5. The molecule has 16 heavy (non-hydrogen) atoms. The Labute approximate surface area is 111 Å². The highest BCUT2D eigenvalue weighted by atomic mass is 79.9. The molecule has 1 aromatic heterocycles. The second-order valence-electron chi connectivity index (χ2n) is 4.23. The smallest absolute Gasteiger partial charge is 0.0564 e. The molecular weight excluding hydrogens is 284 g/mol. The molecule has 0 saturated heterocycles. The van der Waals surface area contributed by atoms with E-state index in [0.717, 1.165) is 6.42 Å². The van der Waals surface area contributed by atoms with E-state index in [1.165, 1.54) is 14.2 Å². The number of nitrogens with zero attached hydrogens (tertiary/aromatic N) is 1. The molecule has 1 heterocycles. The number of nitrogens with two attached hydrogens (primary N) is 1. The van der Waals surface area contributed by atoms with Crippen molar-refractivity contribution in [2.45, 2.75) is 39.3 Å². The lowest BCUT2D eigenvalue weighted by Crippen LogP contribution is -2.36. The normalized spacial score (nSPS) is 15.4. The van der Waals surface area contributed by atoms with Crippen LogP contribution in [0.25, 0.3) is 0 Å². The Balaban J connectivity index is 2.89. The van der Waals surface area contributed by atoms with Crippen LogP contribution in [0.15, 0.2) is 10.5 Å². The minimum absolute atomic E-state index is 0.338. The van der Waals surface area contributed by atoms with Crippen LogP contribution in [-0.2, 0) is 0 Å². The van der Waals surface area contributed by atoms with Crippen molar-refractivity contribution in [2.24, 2.45) is 5.73 Å². The summed E-state index contributed by atoms with van der Waals surface area (Å²) in [5.74, 6) is 0. The van der Waals surface area contributed by atoms with Gasteiger partial charge in [0.1, 0.15) is 0 Å². The van der Waals surface area contributed by atoms with E-state index in [2.05, 4.69) is 54.7 Å². The molecule has 0 aliphatic heterocycles. The third kappa shape index (κ3) is 3.06. The molecule has 0 radical (unpaired) electrons. The molecule has 2 atom stereocenters. The fraction of sp³-hybridized carbons (Fsp3) is 0.667. The topological polar surface area (TPSA) is 29.3 Å². The zero-order valence-corrected chi connectivity index (χ0v) is 12.9. The second kappa shape index (κ2) is 6.15. The molecule has 1 rings (SSSR count). The summed E-state index contributed by atoms with van der Waals surface area (Å²) in [6.45, 7) is 7.27.